The minimum atomic E-state index is -0.194. The lowest BCUT2D eigenvalue weighted by atomic mass is 9.90. The molecule has 1 aliphatic heterocycles. The van der Waals surface area contributed by atoms with Crippen molar-refractivity contribution in [1.29, 1.82) is 0 Å². The standard InChI is InChI=1S/C13H21N5O2/c1-18(2)12(19)10-3-4-11(17-16-10)15-13(9-14)5-7-20-8-6-13/h3-4H,5-9,14H2,1-2H3,(H,15,17). The van der Waals surface area contributed by atoms with Crippen molar-refractivity contribution in [2.24, 2.45) is 5.73 Å². The lowest BCUT2D eigenvalue weighted by Gasteiger charge is -2.37. The van der Waals surface area contributed by atoms with Crippen LogP contribution >= 0.6 is 0 Å². The lowest BCUT2D eigenvalue weighted by molar-refractivity contribution is 0.0626. The molecule has 1 fully saturated rings. The number of hydrogen-bond acceptors (Lipinski definition) is 6. The van der Waals surface area contributed by atoms with Crippen LogP contribution in [-0.2, 0) is 4.74 Å². The summed E-state index contributed by atoms with van der Waals surface area (Å²) in [6.07, 6.45) is 1.67. The van der Waals surface area contributed by atoms with E-state index in [2.05, 4.69) is 15.5 Å². The van der Waals surface area contributed by atoms with Crippen molar-refractivity contribution in [2.75, 3.05) is 39.2 Å². The third-order valence-corrected chi connectivity index (χ3v) is 3.52. The largest absolute Gasteiger partial charge is 0.381 e. The highest BCUT2D eigenvalue weighted by atomic mass is 16.5. The van der Waals surface area contributed by atoms with Gasteiger partial charge in [0.1, 0.15) is 5.82 Å². The fourth-order valence-electron chi connectivity index (χ4n) is 2.16. The molecule has 0 saturated carbocycles. The van der Waals surface area contributed by atoms with E-state index in [1.165, 1.54) is 4.90 Å². The van der Waals surface area contributed by atoms with Gasteiger partial charge in [-0.3, -0.25) is 4.79 Å². The highest BCUT2D eigenvalue weighted by molar-refractivity contribution is 5.91. The number of carbonyl (C=O) groups is 1. The average molecular weight is 279 g/mol. The molecule has 0 aliphatic carbocycles. The van der Waals surface area contributed by atoms with Gasteiger partial charge >= 0.3 is 0 Å². The highest BCUT2D eigenvalue weighted by Gasteiger charge is 2.31. The molecule has 0 unspecified atom stereocenters. The first-order valence-corrected chi connectivity index (χ1v) is 6.68. The van der Waals surface area contributed by atoms with Gasteiger partial charge in [-0.25, -0.2) is 0 Å². The molecule has 0 spiro atoms. The number of nitrogens with one attached hydrogen (secondary N) is 1. The molecule has 0 aromatic carbocycles. The number of nitrogens with zero attached hydrogens (tertiary/aromatic N) is 3. The zero-order chi connectivity index (χ0) is 14.6. The average Bonchev–Trinajstić information content (AvgIpc) is 2.48. The number of nitrogens with two attached hydrogens (primary N) is 1. The fourth-order valence-corrected chi connectivity index (χ4v) is 2.16. The predicted octanol–water partition coefficient (Wildman–Crippen LogP) is 0.0982. The van der Waals surface area contributed by atoms with Crippen LogP contribution in [-0.4, -0.2) is 60.4 Å². The Labute approximate surface area is 118 Å². The van der Waals surface area contributed by atoms with Gasteiger partial charge in [0.15, 0.2) is 5.69 Å². The molecule has 1 aromatic rings. The van der Waals surface area contributed by atoms with E-state index in [9.17, 15) is 4.79 Å². The van der Waals surface area contributed by atoms with E-state index in [-0.39, 0.29) is 11.4 Å². The Balaban J connectivity index is 2.08. The van der Waals surface area contributed by atoms with Crippen molar-refractivity contribution in [2.45, 2.75) is 18.4 Å². The molecule has 0 radical (unpaired) electrons. The third kappa shape index (κ3) is 3.23. The summed E-state index contributed by atoms with van der Waals surface area (Å²) in [5, 5.41) is 11.4. The van der Waals surface area contributed by atoms with Crippen LogP contribution in [0, 0.1) is 0 Å². The third-order valence-electron chi connectivity index (χ3n) is 3.52. The minimum Gasteiger partial charge on any atom is -0.381 e. The van der Waals surface area contributed by atoms with Crippen LogP contribution < -0.4 is 11.1 Å². The van der Waals surface area contributed by atoms with Crippen LogP contribution in [0.15, 0.2) is 12.1 Å². The molecule has 7 nitrogen and oxygen atoms in total. The Morgan fingerprint density at radius 1 is 1.40 bits per heavy atom. The maximum atomic E-state index is 11.7. The van der Waals surface area contributed by atoms with E-state index >= 15 is 0 Å². The van der Waals surface area contributed by atoms with Gasteiger partial charge in [-0.2, -0.15) is 0 Å². The minimum absolute atomic E-state index is 0.163. The molecule has 7 heteroatoms. The van der Waals surface area contributed by atoms with Crippen LogP contribution in [0.4, 0.5) is 5.82 Å². The molecule has 1 saturated heterocycles. The van der Waals surface area contributed by atoms with E-state index in [4.69, 9.17) is 10.5 Å². The van der Waals surface area contributed by atoms with E-state index in [0.717, 1.165) is 12.8 Å². The summed E-state index contributed by atoms with van der Waals surface area (Å²) >= 11 is 0. The van der Waals surface area contributed by atoms with Crippen LogP contribution in [0.5, 0.6) is 0 Å². The number of carbonyl (C=O) groups excluding carboxylic acids is 1. The molecule has 0 atom stereocenters. The van der Waals surface area contributed by atoms with Gasteiger partial charge in [-0.1, -0.05) is 0 Å². The Morgan fingerprint density at radius 2 is 2.10 bits per heavy atom. The summed E-state index contributed by atoms with van der Waals surface area (Å²) in [5.41, 5.74) is 6.01. The molecule has 3 N–H and O–H groups in total. The first kappa shape index (κ1) is 14.7. The van der Waals surface area contributed by atoms with Crippen molar-refractivity contribution in [3.8, 4) is 0 Å². The van der Waals surface area contributed by atoms with E-state index < -0.39 is 0 Å². The number of ether oxygens (including phenoxy) is 1. The second-order valence-corrected chi connectivity index (χ2v) is 5.23. The molecule has 1 aliphatic rings. The molecular weight excluding hydrogens is 258 g/mol. The monoisotopic (exact) mass is 279 g/mol. The van der Waals surface area contributed by atoms with Gasteiger partial charge in [0, 0.05) is 33.9 Å². The van der Waals surface area contributed by atoms with Gasteiger partial charge in [0.25, 0.3) is 5.91 Å². The number of rotatable bonds is 4. The zero-order valence-corrected chi connectivity index (χ0v) is 11.9. The summed E-state index contributed by atoms with van der Waals surface area (Å²) in [7, 11) is 3.36. The highest BCUT2D eigenvalue weighted by Crippen LogP contribution is 2.23. The summed E-state index contributed by atoms with van der Waals surface area (Å²) in [4.78, 5) is 13.2. The quantitative estimate of drug-likeness (QED) is 0.812. The molecule has 1 amide bonds. The normalized spacial score (nSPS) is 17.6. The van der Waals surface area contributed by atoms with Crippen LogP contribution in [0.3, 0.4) is 0 Å². The van der Waals surface area contributed by atoms with Gasteiger partial charge < -0.3 is 20.7 Å². The van der Waals surface area contributed by atoms with E-state index in [0.29, 0.717) is 31.3 Å². The van der Waals surface area contributed by atoms with Crippen molar-refractivity contribution < 1.29 is 9.53 Å². The SMILES string of the molecule is CN(C)C(=O)c1ccc(NC2(CN)CCOCC2)nn1. The Kier molecular flexibility index (Phi) is 4.51. The van der Waals surface area contributed by atoms with E-state index in [1.807, 2.05) is 0 Å². The van der Waals surface area contributed by atoms with Crippen molar-refractivity contribution in [3.63, 3.8) is 0 Å². The fraction of sp³-hybridized carbons (Fsp3) is 0.615. The zero-order valence-electron chi connectivity index (χ0n) is 11.9. The maximum Gasteiger partial charge on any atom is 0.273 e. The molecule has 2 rings (SSSR count). The first-order chi connectivity index (χ1) is 9.56. The molecule has 2 heterocycles. The number of amides is 1. The second kappa shape index (κ2) is 6.15. The van der Waals surface area contributed by atoms with Crippen molar-refractivity contribution in [1.82, 2.24) is 15.1 Å². The number of hydrogen-bond donors (Lipinski definition) is 2. The first-order valence-electron chi connectivity index (χ1n) is 6.68. The summed E-state index contributed by atoms with van der Waals surface area (Å²) in [6.45, 7) is 1.89. The summed E-state index contributed by atoms with van der Waals surface area (Å²) < 4.78 is 5.36. The second-order valence-electron chi connectivity index (χ2n) is 5.23. The summed E-state index contributed by atoms with van der Waals surface area (Å²) in [6, 6.07) is 3.43. The van der Waals surface area contributed by atoms with Crippen LogP contribution in [0.2, 0.25) is 0 Å². The van der Waals surface area contributed by atoms with Crippen molar-refractivity contribution in [3.05, 3.63) is 17.8 Å². The Morgan fingerprint density at radius 3 is 2.60 bits per heavy atom. The number of anilines is 1. The maximum absolute atomic E-state index is 11.7. The smallest absolute Gasteiger partial charge is 0.273 e. The molecule has 20 heavy (non-hydrogen) atoms. The number of aromatic nitrogens is 2. The van der Waals surface area contributed by atoms with Crippen molar-refractivity contribution >= 4 is 11.7 Å². The van der Waals surface area contributed by atoms with Gasteiger partial charge in [0.05, 0.1) is 5.54 Å². The van der Waals surface area contributed by atoms with Gasteiger partial charge in [-0.05, 0) is 25.0 Å². The van der Waals surface area contributed by atoms with Crippen LogP contribution in [0.1, 0.15) is 23.3 Å². The summed E-state index contributed by atoms with van der Waals surface area (Å²) in [5.74, 6) is 0.469. The lowest BCUT2D eigenvalue weighted by Crippen LogP contribution is -2.49. The topological polar surface area (TPSA) is 93.4 Å². The van der Waals surface area contributed by atoms with Gasteiger partial charge in [-0.15, -0.1) is 10.2 Å². The Bertz CT molecular complexity index is 454. The molecule has 110 valence electrons. The van der Waals surface area contributed by atoms with E-state index in [1.54, 1.807) is 26.2 Å². The Hall–Kier alpha value is -1.73. The predicted molar refractivity (Wildman–Crippen MR) is 75.5 cm³/mol. The van der Waals surface area contributed by atoms with Crippen LogP contribution in [0.25, 0.3) is 0 Å². The van der Waals surface area contributed by atoms with Gasteiger partial charge in [0.2, 0.25) is 0 Å². The molecular formula is C13H21N5O2. The molecule has 0 bridgehead atoms. The molecule has 1 aromatic heterocycles.